The smallest absolute Gasteiger partial charge is 0.194 e. The van der Waals surface area contributed by atoms with Gasteiger partial charge in [-0.1, -0.05) is 0 Å². The van der Waals surface area contributed by atoms with E-state index in [1.54, 1.807) is 35.9 Å². The standard InChI is InChI=1S/C11H9NOS/c1-8-10(4-7-14-8)11(13)9-2-5-12-6-3-9/h2-7H,1H3. The van der Waals surface area contributed by atoms with Gasteiger partial charge in [0, 0.05) is 28.4 Å². The van der Waals surface area contributed by atoms with Crippen LogP contribution in [0.15, 0.2) is 36.0 Å². The lowest BCUT2D eigenvalue weighted by Crippen LogP contribution is -2.00. The Balaban J connectivity index is 2.39. The van der Waals surface area contributed by atoms with E-state index >= 15 is 0 Å². The van der Waals surface area contributed by atoms with Crippen LogP contribution in [0.2, 0.25) is 0 Å². The molecule has 2 aromatic rings. The van der Waals surface area contributed by atoms with Crippen LogP contribution in [-0.2, 0) is 0 Å². The summed E-state index contributed by atoms with van der Waals surface area (Å²) in [7, 11) is 0. The average Bonchev–Trinajstić information content (AvgIpc) is 2.65. The molecule has 3 heteroatoms. The third-order valence-corrected chi connectivity index (χ3v) is 2.89. The van der Waals surface area contributed by atoms with Crippen molar-refractivity contribution in [3.05, 3.63) is 52.0 Å². The van der Waals surface area contributed by atoms with Crippen LogP contribution in [-0.4, -0.2) is 10.8 Å². The summed E-state index contributed by atoms with van der Waals surface area (Å²) < 4.78 is 0. The average molecular weight is 203 g/mol. The minimum atomic E-state index is 0.0751. The number of ketones is 1. The number of aromatic nitrogens is 1. The third-order valence-electron chi connectivity index (χ3n) is 2.05. The molecule has 0 fully saturated rings. The minimum absolute atomic E-state index is 0.0751. The van der Waals surface area contributed by atoms with Crippen molar-refractivity contribution < 1.29 is 4.79 Å². The van der Waals surface area contributed by atoms with Gasteiger partial charge in [0.05, 0.1) is 0 Å². The Hall–Kier alpha value is -1.48. The maximum Gasteiger partial charge on any atom is 0.194 e. The van der Waals surface area contributed by atoms with E-state index in [0.717, 1.165) is 10.4 Å². The van der Waals surface area contributed by atoms with E-state index in [9.17, 15) is 4.79 Å². The molecule has 2 nitrogen and oxygen atoms in total. The van der Waals surface area contributed by atoms with E-state index in [1.165, 1.54) is 0 Å². The van der Waals surface area contributed by atoms with Gasteiger partial charge in [-0.3, -0.25) is 9.78 Å². The van der Waals surface area contributed by atoms with Crippen LogP contribution < -0.4 is 0 Å². The molecule has 0 aliphatic carbocycles. The van der Waals surface area contributed by atoms with E-state index in [-0.39, 0.29) is 5.78 Å². The molecule has 70 valence electrons. The quantitative estimate of drug-likeness (QED) is 0.702. The lowest BCUT2D eigenvalue weighted by Gasteiger charge is -1.98. The lowest BCUT2D eigenvalue weighted by atomic mass is 10.1. The van der Waals surface area contributed by atoms with Crippen molar-refractivity contribution >= 4 is 17.1 Å². The van der Waals surface area contributed by atoms with Crippen molar-refractivity contribution in [1.82, 2.24) is 4.98 Å². The van der Waals surface area contributed by atoms with Crippen molar-refractivity contribution in [2.24, 2.45) is 0 Å². The number of thiophene rings is 1. The number of nitrogens with zero attached hydrogens (tertiary/aromatic N) is 1. The van der Waals surface area contributed by atoms with Crippen molar-refractivity contribution in [2.75, 3.05) is 0 Å². The summed E-state index contributed by atoms with van der Waals surface area (Å²) >= 11 is 1.59. The first kappa shape index (κ1) is 9.09. The second kappa shape index (κ2) is 3.72. The Morgan fingerprint density at radius 2 is 2.00 bits per heavy atom. The van der Waals surface area contributed by atoms with E-state index in [4.69, 9.17) is 0 Å². The van der Waals surface area contributed by atoms with Gasteiger partial charge in [-0.2, -0.15) is 0 Å². The Labute approximate surface area is 86.2 Å². The minimum Gasteiger partial charge on any atom is -0.289 e. The number of rotatable bonds is 2. The van der Waals surface area contributed by atoms with Crippen molar-refractivity contribution in [1.29, 1.82) is 0 Å². The van der Waals surface area contributed by atoms with Gasteiger partial charge in [-0.05, 0) is 30.5 Å². The summed E-state index contributed by atoms with van der Waals surface area (Å²) in [6, 6.07) is 5.33. The first-order valence-electron chi connectivity index (χ1n) is 4.28. The van der Waals surface area contributed by atoms with Gasteiger partial charge >= 0.3 is 0 Å². The zero-order valence-electron chi connectivity index (χ0n) is 7.73. The molecule has 0 unspecified atom stereocenters. The fraction of sp³-hybridized carbons (Fsp3) is 0.0909. The van der Waals surface area contributed by atoms with E-state index in [1.807, 2.05) is 18.4 Å². The van der Waals surface area contributed by atoms with E-state index in [2.05, 4.69) is 4.98 Å². The largest absolute Gasteiger partial charge is 0.289 e. The summed E-state index contributed by atoms with van der Waals surface area (Å²) in [6.45, 7) is 1.96. The van der Waals surface area contributed by atoms with Gasteiger partial charge in [0.25, 0.3) is 0 Å². The summed E-state index contributed by atoms with van der Waals surface area (Å²) in [5.41, 5.74) is 1.49. The Morgan fingerprint density at radius 3 is 2.57 bits per heavy atom. The maximum atomic E-state index is 11.9. The van der Waals surface area contributed by atoms with Crippen LogP contribution in [0.4, 0.5) is 0 Å². The van der Waals surface area contributed by atoms with Gasteiger partial charge < -0.3 is 0 Å². The molecule has 0 aliphatic heterocycles. The topological polar surface area (TPSA) is 30.0 Å². The molecule has 0 spiro atoms. The van der Waals surface area contributed by atoms with Crippen LogP contribution >= 0.6 is 11.3 Å². The molecule has 0 aliphatic rings. The molecule has 2 heterocycles. The molecule has 2 aromatic heterocycles. The summed E-state index contributed by atoms with van der Waals surface area (Å²) in [5.74, 6) is 0.0751. The predicted octanol–water partition coefficient (Wildman–Crippen LogP) is 2.68. The fourth-order valence-electron chi connectivity index (χ4n) is 1.28. The van der Waals surface area contributed by atoms with Crippen LogP contribution in [0.25, 0.3) is 0 Å². The Bertz CT molecular complexity index is 447. The highest BCUT2D eigenvalue weighted by Gasteiger charge is 2.11. The highest BCUT2D eigenvalue weighted by Crippen LogP contribution is 2.18. The zero-order chi connectivity index (χ0) is 9.97. The fourth-order valence-corrected chi connectivity index (χ4v) is 1.98. The van der Waals surface area contributed by atoms with Crippen LogP contribution in [0, 0.1) is 6.92 Å². The number of pyridine rings is 1. The van der Waals surface area contributed by atoms with E-state index < -0.39 is 0 Å². The van der Waals surface area contributed by atoms with Gasteiger partial charge in [-0.15, -0.1) is 11.3 Å². The molecule has 0 saturated heterocycles. The number of hydrogen-bond acceptors (Lipinski definition) is 3. The summed E-state index contributed by atoms with van der Waals surface area (Å²) in [4.78, 5) is 16.9. The van der Waals surface area contributed by atoms with Gasteiger partial charge in [0.1, 0.15) is 0 Å². The number of carbonyl (C=O) groups is 1. The molecule has 14 heavy (non-hydrogen) atoms. The predicted molar refractivity (Wildman–Crippen MR) is 56.7 cm³/mol. The lowest BCUT2D eigenvalue weighted by molar-refractivity contribution is 0.103. The zero-order valence-corrected chi connectivity index (χ0v) is 8.54. The first-order valence-corrected chi connectivity index (χ1v) is 5.16. The molecule has 0 N–H and O–H groups in total. The second-order valence-electron chi connectivity index (χ2n) is 2.96. The van der Waals surface area contributed by atoms with Gasteiger partial charge in [0.15, 0.2) is 5.78 Å². The number of hydrogen-bond donors (Lipinski definition) is 0. The first-order chi connectivity index (χ1) is 6.79. The van der Waals surface area contributed by atoms with Crippen LogP contribution in [0.3, 0.4) is 0 Å². The Morgan fingerprint density at radius 1 is 1.29 bits per heavy atom. The van der Waals surface area contributed by atoms with Gasteiger partial charge in [0.2, 0.25) is 0 Å². The summed E-state index contributed by atoms with van der Waals surface area (Å²) in [5, 5.41) is 1.93. The Kier molecular flexibility index (Phi) is 2.41. The third kappa shape index (κ3) is 1.59. The van der Waals surface area contributed by atoms with E-state index in [0.29, 0.717) is 5.56 Å². The molecule has 0 radical (unpaired) electrons. The molecule has 0 saturated carbocycles. The number of carbonyl (C=O) groups excluding carboxylic acids is 1. The highest BCUT2D eigenvalue weighted by molar-refractivity contribution is 7.10. The maximum absolute atomic E-state index is 11.9. The van der Waals surface area contributed by atoms with Crippen molar-refractivity contribution in [3.8, 4) is 0 Å². The van der Waals surface area contributed by atoms with Crippen LogP contribution in [0.5, 0.6) is 0 Å². The molecule has 0 bridgehead atoms. The molecule has 0 atom stereocenters. The molecular weight excluding hydrogens is 194 g/mol. The molecular formula is C11H9NOS. The monoisotopic (exact) mass is 203 g/mol. The number of aryl methyl sites for hydroxylation is 1. The highest BCUT2D eigenvalue weighted by atomic mass is 32.1. The SMILES string of the molecule is Cc1sccc1C(=O)c1ccncc1. The molecule has 2 rings (SSSR count). The van der Waals surface area contributed by atoms with Crippen molar-refractivity contribution in [3.63, 3.8) is 0 Å². The van der Waals surface area contributed by atoms with Crippen LogP contribution in [0.1, 0.15) is 20.8 Å². The normalized spacial score (nSPS) is 10.1. The second-order valence-corrected chi connectivity index (χ2v) is 4.08. The molecule has 0 amide bonds. The van der Waals surface area contributed by atoms with Crippen molar-refractivity contribution in [2.45, 2.75) is 6.92 Å². The van der Waals surface area contributed by atoms with Gasteiger partial charge in [-0.25, -0.2) is 0 Å². The molecule has 0 aromatic carbocycles. The summed E-state index contributed by atoms with van der Waals surface area (Å²) in [6.07, 6.45) is 3.27.